The second-order valence-electron chi connectivity index (χ2n) is 2.20. The number of rotatable bonds is 2. The molecule has 1 heterocycles. The third kappa shape index (κ3) is 3.53. The molecule has 15 heavy (non-hydrogen) atoms. The van der Waals surface area contributed by atoms with Crippen molar-refractivity contribution < 1.29 is 17.9 Å². The van der Waals surface area contributed by atoms with E-state index in [0.717, 1.165) is 12.1 Å². The second kappa shape index (κ2) is 4.24. The molecule has 0 atom stereocenters. The molecular weight excluding hydrogens is 237 g/mol. The van der Waals surface area contributed by atoms with E-state index in [1.165, 1.54) is 0 Å². The molecule has 0 fully saturated rings. The van der Waals surface area contributed by atoms with E-state index in [1.807, 2.05) is 0 Å². The molecule has 1 aromatic heterocycles. The van der Waals surface area contributed by atoms with E-state index < -0.39 is 12.2 Å². The van der Waals surface area contributed by atoms with Crippen molar-refractivity contribution in [3.8, 4) is 5.88 Å². The fraction of sp³-hybridized carbons (Fsp3) is 0.167. The minimum Gasteiger partial charge on any atom is -0.388 e. The number of halogens is 4. The summed E-state index contributed by atoms with van der Waals surface area (Å²) >= 11 is 5.41. The molecule has 0 saturated heterocycles. The number of ether oxygens (including phenoxy) is 1. The molecule has 80 valence electrons. The average molecular weight is 239 g/mol. The number of pyridine rings is 1. The van der Waals surface area contributed by atoms with Crippen molar-refractivity contribution in [1.29, 1.82) is 0 Å². The van der Waals surface area contributed by atoms with Crippen LogP contribution in [0.4, 0.5) is 18.9 Å². The first-order chi connectivity index (χ1) is 6.92. The highest BCUT2D eigenvalue weighted by Crippen LogP contribution is 2.28. The maximum Gasteiger partial charge on any atom is 0.574 e. The van der Waals surface area contributed by atoms with Crippen molar-refractivity contribution in [3.63, 3.8) is 0 Å². The summed E-state index contributed by atoms with van der Waals surface area (Å²) < 4.78 is 38.7. The number of hydrogen-bond donors (Lipinski definition) is 0. The lowest BCUT2D eigenvalue weighted by Crippen LogP contribution is -2.17. The fourth-order valence-electron chi connectivity index (χ4n) is 0.708. The van der Waals surface area contributed by atoms with Crippen LogP contribution in [0.5, 0.6) is 5.88 Å². The monoisotopic (exact) mass is 238 g/mol. The van der Waals surface area contributed by atoms with E-state index in [9.17, 15) is 13.2 Å². The van der Waals surface area contributed by atoms with Crippen LogP contribution in [0, 0.1) is 0 Å². The van der Waals surface area contributed by atoms with E-state index in [4.69, 9.17) is 17.1 Å². The van der Waals surface area contributed by atoms with E-state index >= 15 is 0 Å². The third-order valence-electron chi connectivity index (χ3n) is 1.18. The fourth-order valence-corrected chi connectivity index (χ4v) is 0.893. The first kappa shape index (κ1) is 11.4. The Kier molecular flexibility index (Phi) is 3.23. The molecule has 0 amide bonds. The van der Waals surface area contributed by atoms with Gasteiger partial charge in [-0.2, -0.15) is 0 Å². The van der Waals surface area contributed by atoms with Gasteiger partial charge in [0.15, 0.2) is 0 Å². The molecule has 0 aliphatic heterocycles. The van der Waals surface area contributed by atoms with Crippen LogP contribution >= 0.6 is 11.6 Å². The molecule has 5 nitrogen and oxygen atoms in total. The topological polar surface area (TPSA) is 70.9 Å². The van der Waals surface area contributed by atoms with Crippen LogP contribution in [-0.4, -0.2) is 11.3 Å². The van der Waals surface area contributed by atoms with Gasteiger partial charge in [0.05, 0.1) is 5.69 Å². The van der Waals surface area contributed by atoms with Crippen molar-refractivity contribution >= 4 is 17.3 Å². The van der Waals surface area contributed by atoms with Gasteiger partial charge in [-0.15, -0.1) is 13.2 Å². The Morgan fingerprint density at radius 3 is 2.60 bits per heavy atom. The van der Waals surface area contributed by atoms with Gasteiger partial charge in [0.25, 0.3) is 0 Å². The van der Waals surface area contributed by atoms with Gasteiger partial charge in [-0.1, -0.05) is 16.7 Å². The second-order valence-corrected chi connectivity index (χ2v) is 2.55. The quantitative estimate of drug-likeness (QED) is 0.342. The minimum absolute atomic E-state index is 0.0753. The lowest BCUT2D eigenvalue weighted by atomic mass is 10.4. The molecule has 1 rings (SSSR count). The highest BCUT2D eigenvalue weighted by molar-refractivity contribution is 6.31. The van der Waals surface area contributed by atoms with E-state index in [-0.39, 0.29) is 10.8 Å². The van der Waals surface area contributed by atoms with Crippen LogP contribution < -0.4 is 4.74 Å². The molecule has 0 unspecified atom stereocenters. The summed E-state index contributed by atoms with van der Waals surface area (Å²) in [5.41, 5.74) is 7.99. The molecule has 0 spiro atoms. The van der Waals surface area contributed by atoms with Crippen LogP contribution in [0.3, 0.4) is 0 Å². The largest absolute Gasteiger partial charge is 0.574 e. The van der Waals surface area contributed by atoms with Gasteiger partial charge < -0.3 is 4.74 Å². The highest BCUT2D eigenvalue weighted by atomic mass is 35.5. The standard InChI is InChI=1S/C6H2ClF3N4O/c7-5-3(13-14-11)1-2-4(12-5)15-6(8,9)10/h1-2H. The Morgan fingerprint density at radius 2 is 2.13 bits per heavy atom. The highest BCUT2D eigenvalue weighted by Gasteiger charge is 2.31. The van der Waals surface area contributed by atoms with Crippen LogP contribution in [0.15, 0.2) is 17.2 Å². The summed E-state index contributed by atoms with van der Waals surface area (Å²) in [5, 5.41) is 2.73. The molecule has 0 radical (unpaired) electrons. The summed E-state index contributed by atoms with van der Waals surface area (Å²) in [7, 11) is 0. The van der Waals surface area contributed by atoms with Gasteiger partial charge in [-0.3, -0.25) is 0 Å². The molecule has 0 N–H and O–H groups in total. The summed E-state index contributed by atoms with van der Waals surface area (Å²) in [6, 6.07) is 1.96. The van der Waals surface area contributed by atoms with E-state index in [2.05, 4.69) is 19.7 Å². The van der Waals surface area contributed by atoms with Crippen LogP contribution in [0.2, 0.25) is 5.15 Å². The predicted octanol–water partition coefficient (Wildman–Crippen LogP) is 3.58. The third-order valence-corrected chi connectivity index (χ3v) is 1.45. The maximum absolute atomic E-state index is 11.7. The summed E-state index contributed by atoms with van der Waals surface area (Å²) in [6.07, 6.45) is -4.84. The zero-order valence-corrected chi connectivity index (χ0v) is 7.62. The Labute approximate surface area is 86.1 Å². The summed E-state index contributed by atoms with van der Waals surface area (Å²) in [4.78, 5) is 5.64. The van der Waals surface area contributed by atoms with Gasteiger partial charge in [0.1, 0.15) is 5.15 Å². The van der Waals surface area contributed by atoms with Crippen molar-refractivity contribution in [3.05, 3.63) is 27.7 Å². The normalized spacial score (nSPS) is 10.7. The van der Waals surface area contributed by atoms with Crippen molar-refractivity contribution in [2.24, 2.45) is 5.11 Å². The molecule has 0 aliphatic carbocycles. The van der Waals surface area contributed by atoms with Gasteiger partial charge in [0, 0.05) is 11.0 Å². The van der Waals surface area contributed by atoms with Gasteiger partial charge in [-0.25, -0.2) is 4.98 Å². The molecule has 0 aromatic carbocycles. The molecule has 0 saturated carbocycles. The number of alkyl halides is 3. The summed E-state index contributed by atoms with van der Waals surface area (Å²) in [6.45, 7) is 0. The molecule has 9 heteroatoms. The zero-order valence-electron chi connectivity index (χ0n) is 6.86. The number of aromatic nitrogens is 1. The Bertz CT molecular complexity index is 415. The Morgan fingerprint density at radius 1 is 1.47 bits per heavy atom. The van der Waals surface area contributed by atoms with Crippen molar-refractivity contribution in [2.45, 2.75) is 6.36 Å². The molecule has 0 bridgehead atoms. The molecule has 1 aromatic rings. The Hall–Kier alpha value is -1.66. The van der Waals surface area contributed by atoms with Gasteiger partial charge >= 0.3 is 6.36 Å². The van der Waals surface area contributed by atoms with E-state index in [1.54, 1.807) is 0 Å². The maximum atomic E-state index is 11.7. The number of nitrogens with zero attached hydrogens (tertiary/aromatic N) is 4. The lowest BCUT2D eigenvalue weighted by molar-refractivity contribution is -0.276. The number of azide groups is 1. The SMILES string of the molecule is [N-]=[N+]=Nc1ccc(OC(F)(F)F)nc1Cl. The van der Waals surface area contributed by atoms with E-state index in [0.29, 0.717) is 0 Å². The smallest absolute Gasteiger partial charge is 0.388 e. The van der Waals surface area contributed by atoms with Crippen molar-refractivity contribution in [2.75, 3.05) is 0 Å². The first-order valence-corrected chi connectivity index (χ1v) is 3.77. The average Bonchev–Trinajstić information content (AvgIpc) is 2.07. The first-order valence-electron chi connectivity index (χ1n) is 3.40. The van der Waals surface area contributed by atoms with Gasteiger partial charge in [0.2, 0.25) is 5.88 Å². The van der Waals surface area contributed by atoms with Crippen LogP contribution in [0.25, 0.3) is 10.4 Å². The predicted molar refractivity (Wildman–Crippen MR) is 44.7 cm³/mol. The molecular formula is C6H2ClF3N4O. The van der Waals surface area contributed by atoms with Crippen LogP contribution in [-0.2, 0) is 0 Å². The molecule has 0 aliphatic rings. The Balaban J connectivity index is 2.96. The zero-order chi connectivity index (χ0) is 11.5. The van der Waals surface area contributed by atoms with Crippen LogP contribution in [0.1, 0.15) is 0 Å². The minimum atomic E-state index is -4.84. The number of hydrogen-bond acceptors (Lipinski definition) is 3. The lowest BCUT2D eigenvalue weighted by Gasteiger charge is -2.07. The van der Waals surface area contributed by atoms with Crippen molar-refractivity contribution in [1.82, 2.24) is 4.98 Å². The van der Waals surface area contributed by atoms with Gasteiger partial charge in [-0.05, 0) is 11.6 Å². The summed E-state index contributed by atoms with van der Waals surface area (Å²) in [5.74, 6) is -0.718.